The second-order valence-corrected chi connectivity index (χ2v) is 6.67. The molecular weight excluding hydrogens is 332 g/mol. The number of nitrogens with zero attached hydrogens (tertiary/aromatic N) is 4. The van der Waals surface area contributed by atoms with E-state index in [-0.39, 0.29) is 0 Å². The summed E-state index contributed by atoms with van der Waals surface area (Å²) >= 11 is 1.67. The van der Waals surface area contributed by atoms with Gasteiger partial charge in [0.05, 0.1) is 18.5 Å². The Morgan fingerprint density at radius 3 is 2.92 bits per heavy atom. The minimum Gasteiger partial charge on any atom is -0.497 e. The molecule has 0 aliphatic heterocycles. The van der Waals surface area contributed by atoms with Crippen LogP contribution in [0, 0.1) is 6.92 Å². The van der Waals surface area contributed by atoms with E-state index in [9.17, 15) is 0 Å². The molecule has 6 heteroatoms. The molecule has 0 saturated heterocycles. The van der Waals surface area contributed by atoms with Gasteiger partial charge in [-0.05, 0) is 30.7 Å². The number of methoxy groups -OCH3 is 1. The van der Waals surface area contributed by atoms with Crippen LogP contribution in [-0.2, 0) is 5.75 Å². The van der Waals surface area contributed by atoms with Crippen LogP contribution in [0.4, 0.5) is 0 Å². The third-order valence-corrected chi connectivity index (χ3v) is 5.02. The molecule has 126 valence electrons. The monoisotopic (exact) mass is 350 g/mol. The molecule has 0 amide bonds. The Hall–Kier alpha value is -2.73. The minimum atomic E-state index is 0.766. The van der Waals surface area contributed by atoms with Gasteiger partial charge in [0.25, 0.3) is 0 Å². The van der Waals surface area contributed by atoms with Gasteiger partial charge in [0.2, 0.25) is 0 Å². The van der Waals surface area contributed by atoms with Crippen molar-refractivity contribution < 1.29 is 4.74 Å². The molecule has 0 fully saturated rings. The highest BCUT2D eigenvalue weighted by Gasteiger charge is 2.09. The summed E-state index contributed by atoms with van der Waals surface area (Å²) in [5.41, 5.74) is 4.26. The van der Waals surface area contributed by atoms with Crippen LogP contribution in [-0.4, -0.2) is 26.0 Å². The fourth-order valence-electron chi connectivity index (χ4n) is 2.77. The van der Waals surface area contributed by atoms with Crippen LogP contribution in [0.1, 0.15) is 11.3 Å². The Bertz CT molecular complexity index is 1020. The molecule has 0 unspecified atom stereocenters. The maximum Gasteiger partial charge on any atom is 0.172 e. The molecule has 0 aliphatic carbocycles. The molecule has 3 aromatic heterocycles. The van der Waals surface area contributed by atoms with Crippen LogP contribution < -0.4 is 4.74 Å². The lowest BCUT2D eigenvalue weighted by Crippen LogP contribution is -1.96. The Kier molecular flexibility index (Phi) is 4.19. The lowest BCUT2D eigenvalue weighted by molar-refractivity contribution is 0.414. The topological polar surface area (TPSA) is 44.4 Å². The maximum atomic E-state index is 5.31. The van der Waals surface area contributed by atoms with Crippen LogP contribution >= 0.6 is 11.8 Å². The molecule has 3 heterocycles. The van der Waals surface area contributed by atoms with Gasteiger partial charge in [0.1, 0.15) is 11.4 Å². The fraction of sp³-hybridized carbons (Fsp3) is 0.158. The largest absolute Gasteiger partial charge is 0.497 e. The number of aromatic nitrogens is 4. The van der Waals surface area contributed by atoms with Crippen LogP contribution in [0.15, 0.2) is 66.3 Å². The zero-order valence-corrected chi connectivity index (χ0v) is 14.9. The van der Waals surface area contributed by atoms with Crippen molar-refractivity contribution in [3.63, 3.8) is 0 Å². The predicted octanol–water partition coefficient (Wildman–Crippen LogP) is 4.13. The highest BCUT2D eigenvalue weighted by atomic mass is 32.2. The van der Waals surface area contributed by atoms with E-state index in [1.54, 1.807) is 18.9 Å². The molecule has 0 atom stereocenters. The summed E-state index contributed by atoms with van der Waals surface area (Å²) in [6.07, 6.45) is 7.88. The van der Waals surface area contributed by atoms with Gasteiger partial charge < -0.3 is 9.14 Å². The van der Waals surface area contributed by atoms with Crippen molar-refractivity contribution in [3.05, 3.63) is 72.4 Å². The highest BCUT2D eigenvalue weighted by Crippen LogP contribution is 2.26. The number of thioether (sulfide) groups is 1. The summed E-state index contributed by atoms with van der Waals surface area (Å²) in [5.74, 6) is 1.60. The summed E-state index contributed by atoms with van der Waals surface area (Å²) in [4.78, 5) is 9.21. The Balaban J connectivity index is 1.57. The van der Waals surface area contributed by atoms with Crippen LogP contribution in [0.2, 0.25) is 0 Å². The van der Waals surface area contributed by atoms with E-state index in [2.05, 4.69) is 33.1 Å². The molecule has 0 spiro atoms. The summed E-state index contributed by atoms with van der Waals surface area (Å²) < 4.78 is 9.45. The van der Waals surface area contributed by atoms with E-state index in [4.69, 9.17) is 9.72 Å². The van der Waals surface area contributed by atoms with E-state index in [1.165, 1.54) is 5.56 Å². The average molecular weight is 350 g/mol. The first-order valence-corrected chi connectivity index (χ1v) is 8.97. The molecule has 1 aromatic carbocycles. The van der Waals surface area contributed by atoms with Crippen molar-refractivity contribution in [2.75, 3.05) is 7.11 Å². The molecule has 0 N–H and O–H groups in total. The van der Waals surface area contributed by atoms with E-state index in [1.807, 2.05) is 48.9 Å². The van der Waals surface area contributed by atoms with Crippen molar-refractivity contribution in [1.29, 1.82) is 0 Å². The number of benzene rings is 1. The van der Waals surface area contributed by atoms with E-state index in [0.29, 0.717) is 0 Å². The Morgan fingerprint density at radius 2 is 2.08 bits per heavy atom. The first kappa shape index (κ1) is 15.8. The van der Waals surface area contributed by atoms with Crippen molar-refractivity contribution >= 4 is 17.4 Å². The second-order valence-electron chi connectivity index (χ2n) is 5.72. The molecule has 0 saturated carbocycles. The van der Waals surface area contributed by atoms with Gasteiger partial charge in [0, 0.05) is 36.6 Å². The number of pyridine rings is 1. The summed E-state index contributed by atoms with van der Waals surface area (Å²) in [7, 11) is 1.67. The molecule has 4 aromatic rings. The fourth-order valence-corrected chi connectivity index (χ4v) is 3.62. The first-order valence-electron chi connectivity index (χ1n) is 7.98. The van der Waals surface area contributed by atoms with Gasteiger partial charge in [0.15, 0.2) is 5.16 Å². The second kappa shape index (κ2) is 6.64. The summed E-state index contributed by atoms with van der Waals surface area (Å²) in [6, 6.07) is 12.1. The first-order chi connectivity index (χ1) is 12.2. The SMILES string of the molecule is COc1cccc(-n2ccnc2SCc2cn3cccc(C)c3n2)c1. The smallest absolute Gasteiger partial charge is 0.172 e. The van der Waals surface area contributed by atoms with Crippen LogP contribution in [0.25, 0.3) is 11.3 Å². The Labute approximate surface area is 150 Å². The summed E-state index contributed by atoms with van der Waals surface area (Å²) in [6.45, 7) is 2.08. The number of hydrogen-bond acceptors (Lipinski definition) is 4. The number of rotatable bonds is 5. The van der Waals surface area contributed by atoms with Gasteiger partial charge in [-0.1, -0.05) is 23.9 Å². The molecule has 0 radical (unpaired) electrons. The van der Waals surface area contributed by atoms with Gasteiger partial charge in [-0.3, -0.25) is 4.57 Å². The van der Waals surface area contributed by atoms with E-state index >= 15 is 0 Å². The third-order valence-electron chi connectivity index (χ3n) is 4.02. The van der Waals surface area contributed by atoms with Gasteiger partial charge >= 0.3 is 0 Å². The van der Waals surface area contributed by atoms with Crippen molar-refractivity contribution in [1.82, 2.24) is 18.9 Å². The number of imidazole rings is 2. The minimum absolute atomic E-state index is 0.766. The lowest BCUT2D eigenvalue weighted by Gasteiger charge is -2.08. The van der Waals surface area contributed by atoms with E-state index in [0.717, 1.165) is 33.7 Å². The summed E-state index contributed by atoms with van der Waals surface area (Å²) in [5, 5.41) is 0.932. The van der Waals surface area contributed by atoms with Crippen molar-refractivity contribution in [2.24, 2.45) is 0 Å². The lowest BCUT2D eigenvalue weighted by atomic mass is 10.3. The third kappa shape index (κ3) is 3.13. The van der Waals surface area contributed by atoms with E-state index < -0.39 is 0 Å². The molecule has 0 bridgehead atoms. The van der Waals surface area contributed by atoms with Crippen LogP contribution in [0.3, 0.4) is 0 Å². The maximum absolute atomic E-state index is 5.31. The number of ether oxygens (including phenoxy) is 1. The zero-order chi connectivity index (χ0) is 17.2. The molecular formula is C19H18N4OS. The number of hydrogen-bond donors (Lipinski definition) is 0. The molecule has 0 aliphatic rings. The molecule has 5 nitrogen and oxygen atoms in total. The zero-order valence-electron chi connectivity index (χ0n) is 14.1. The highest BCUT2D eigenvalue weighted by molar-refractivity contribution is 7.98. The number of aryl methyl sites for hydroxylation is 1. The predicted molar refractivity (Wildman–Crippen MR) is 99.6 cm³/mol. The van der Waals surface area contributed by atoms with Crippen molar-refractivity contribution in [2.45, 2.75) is 17.8 Å². The molecule has 4 rings (SSSR count). The normalized spacial score (nSPS) is 11.1. The van der Waals surface area contributed by atoms with Crippen LogP contribution in [0.5, 0.6) is 5.75 Å². The standard InChI is InChI=1S/C19H18N4OS/c1-14-5-4-9-22-12-15(21-18(14)22)13-25-19-20-8-10-23(19)16-6-3-7-17(11-16)24-2/h3-12H,13H2,1-2H3. The van der Waals surface area contributed by atoms with Crippen molar-refractivity contribution in [3.8, 4) is 11.4 Å². The van der Waals surface area contributed by atoms with Gasteiger partial charge in [-0.15, -0.1) is 0 Å². The average Bonchev–Trinajstić information content (AvgIpc) is 3.27. The Morgan fingerprint density at radius 1 is 1.16 bits per heavy atom. The number of fused-ring (bicyclic) bond motifs is 1. The molecule has 25 heavy (non-hydrogen) atoms. The van der Waals surface area contributed by atoms with Gasteiger partial charge in [-0.2, -0.15) is 0 Å². The van der Waals surface area contributed by atoms with Gasteiger partial charge in [-0.25, -0.2) is 9.97 Å². The quantitative estimate of drug-likeness (QED) is 0.508.